The van der Waals surface area contributed by atoms with Gasteiger partial charge in [0.15, 0.2) is 0 Å². The van der Waals surface area contributed by atoms with Crippen molar-refractivity contribution in [2.45, 2.75) is 0 Å². The summed E-state index contributed by atoms with van der Waals surface area (Å²) in [6, 6.07) is 5.05. The molecular formula is C11H9Cl2N3O2. The summed E-state index contributed by atoms with van der Waals surface area (Å²) < 4.78 is 5.92. The molecule has 0 unspecified atom stereocenters. The molecule has 1 heterocycles. The Kier molecular flexibility index (Phi) is 3.45. The molecule has 2 rings (SSSR count). The fourth-order valence-corrected chi connectivity index (χ4v) is 1.85. The van der Waals surface area contributed by atoms with Gasteiger partial charge >= 0.3 is 5.97 Å². The van der Waals surface area contributed by atoms with Crippen LogP contribution in [-0.4, -0.2) is 22.9 Å². The minimum absolute atomic E-state index is 0.144. The van der Waals surface area contributed by atoms with E-state index in [0.29, 0.717) is 15.7 Å². The van der Waals surface area contributed by atoms with Crippen molar-refractivity contribution >= 4 is 35.0 Å². The Morgan fingerprint density at radius 1 is 1.44 bits per heavy atom. The molecule has 94 valence electrons. The minimum atomic E-state index is -0.558. The summed E-state index contributed by atoms with van der Waals surface area (Å²) in [5.74, 6) is -0.414. The molecule has 7 heteroatoms. The molecule has 0 aliphatic rings. The molecule has 18 heavy (non-hydrogen) atoms. The second-order valence-electron chi connectivity index (χ2n) is 3.42. The Morgan fingerprint density at radius 2 is 2.17 bits per heavy atom. The Labute approximate surface area is 113 Å². The normalized spacial score (nSPS) is 10.4. The van der Waals surface area contributed by atoms with Gasteiger partial charge in [-0.3, -0.25) is 0 Å². The predicted molar refractivity (Wildman–Crippen MR) is 69.3 cm³/mol. The summed E-state index contributed by atoms with van der Waals surface area (Å²) in [5, 5.41) is 4.69. The number of benzene rings is 1. The highest BCUT2D eigenvalue weighted by Crippen LogP contribution is 2.30. The lowest BCUT2D eigenvalue weighted by Gasteiger charge is -2.07. The monoisotopic (exact) mass is 285 g/mol. The molecule has 0 bridgehead atoms. The van der Waals surface area contributed by atoms with Gasteiger partial charge in [0.05, 0.1) is 29.0 Å². The Morgan fingerprint density at radius 3 is 2.83 bits per heavy atom. The van der Waals surface area contributed by atoms with E-state index in [-0.39, 0.29) is 11.4 Å². The lowest BCUT2D eigenvalue weighted by atomic mass is 10.3. The van der Waals surface area contributed by atoms with Crippen LogP contribution in [0.4, 0.5) is 5.82 Å². The van der Waals surface area contributed by atoms with Crippen LogP contribution in [0.1, 0.15) is 10.4 Å². The van der Waals surface area contributed by atoms with Gasteiger partial charge in [0, 0.05) is 0 Å². The zero-order valence-electron chi connectivity index (χ0n) is 9.35. The van der Waals surface area contributed by atoms with Gasteiger partial charge < -0.3 is 10.5 Å². The van der Waals surface area contributed by atoms with Crippen molar-refractivity contribution < 1.29 is 9.53 Å². The molecule has 2 aromatic rings. The largest absolute Gasteiger partial charge is 0.465 e. The number of hydrogen-bond donors (Lipinski definition) is 1. The highest BCUT2D eigenvalue weighted by Gasteiger charge is 2.18. The molecule has 1 aromatic heterocycles. The first kappa shape index (κ1) is 12.7. The predicted octanol–water partition coefficient (Wildman–Crippen LogP) is 2.55. The van der Waals surface area contributed by atoms with Crippen molar-refractivity contribution in [1.29, 1.82) is 0 Å². The highest BCUT2D eigenvalue weighted by molar-refractivity contribution is 6.43. The van der Waals surface area contributed by atoms with Gasteiger partial charge in [0.25, 0.3) is 0 Å². The van der Waals surface area contributed by atoms with Crippen molar-refractivity contribution in [3.63, 3.8) is 0 Å². The maximum absolute atomic E-state index is 11.4. The van der Waals surface area contributed by atoms with Crippen LogP contribution < -0.4 is 5.73 Å². The Hall–Kier alpha value is -1.72. The van der Waals surface area contributed by atoms with Gasteiger partial charge in [0.1, 0.15) is 11.4 Å². The van der Waals surface area contributed by atoms with Crippen LogP contribution in [0, 0.1) is 0 Å². The van der Waals surface area contributed by atoms with E-state index in [1.54, 1.807) is 18.2 Å². The summed E-state index contributed by atoms with van der Waals surface area (Å²) >= 11 is 12.0. The fourth-order valence-electron chi connectivity index (χ4n) is 1.47. The molecule has 0 fully saturated rings. The van der Waals surface area contributed by atoms with E-state index in [9.17, 15) is 4.79 Å². The molecule has 0 radical (unpaired) electrons. The molecule has 0 saturated heterocycles. The SMILES string of the molecule is COC(=O)c1cnn(-c2cccc(Cl)c2Cl)c1N. The third-order valence-electron chi connectivity index (χ3n) is 2.37. The van der Waals surface area contributed by atoms with Gasteiger partial charge in [-0.05, 0) is 12.1 Å². The lowest BCUT2D eigenvalue weighted by molar-refractivity contribution is 0.0602. The number of methoxy groups -OCH3 is 1. The molecule has 2 N–H and O–H groups in total. The van der Waals surface area contributed by atoms with Crippen molar-refractivity contribution in [1.82, 2.24) is 9.78 Å². The van der Waals surface area contributed by atoms with E-state index in [0.717, 1.165) is 0 Å². The summed E-state index contributed by atoms with van der Waals surface area (Å²) in [6.07, 6.45) is 1.32. The molecule has 0 spiro atoms. The van der Waals surface area contributed by atoms with Gasteiger partial charge in [0.2, 0.25) is 0 Å². The second kappa shape index (κ2) is 4.88. The fraction of sp³-hybridized carbons (Fsp3) is 0.0909. The first-order chi connectivity index (χ1) is 8.56. The summed E-state index contributed by atoms with van der Waals surface area (Å²) in [4.78, 5) is 11.4. The van der Waals surface area contributed by atoms with Crippen LogP contribution in [0.2, 0.25) is 10.0 Å². The smallest absolute Gasteiger partial charge is 0.343 e. The topological polar surface area (TPSA) is 70.1 Å². The van der Waals surface area contributed by atoms with Gasteiger partial charge in [-0.15, -0.1) is 0 Å². The highest BCUT2D eigenvalue weighted by atomic mass is 35.5. The summed E-state index contributed by atoms with van der Waals surface area (Å²) in [6.45, 7) is 0. The number of nitrogen functional groups attached to an aromatic ring is 1. The molecule has 0 aliphatic carbocycles. The van der Waals surface area contributed by atoms with Crippen LogP contribution >= 0.6 is 23.2 Å². The Balaban J connectivity index is 2.56. The van der Waals surface area contributed by atoms with E-state index in [4.69, 9.17) is 28.9 Å². The van der Waals surface area contributed by atoms with Crippen molar-refractivity contribution in [2.24, 2.45) is 0 Å². The van der Waals surface area contributed by atoms with E-state index in [1.165, 1.54) is 18.0 Å². The molecule has 5 nitrogen and oxygen atoms in total. The number of rotatable bonds is 2. The quantitative estimate of drug-likeness (QED) is 0.861. The van der Waals surface area contributed by atoms with E-state index in [1.807, 2.05) is 0 Å². The molecule has 0 aliphatic heterocycles. The Bertz CT molecular complexity index is 610. The maximum atomic E-state index is 11.4. The molecule has 0 saturated carbocycles. The van der Waals surface area contributed by atoms with Crippen LogP contribution in [-0.2, 0) is 4.74 Å². The maximum Gasteiger partial charge on any atom is 0.343 e. The van der Waals surface area contributed by atoms with Crippen LogP contribution in [0.5, 0.6) is 0 Å². The van der Waals surface area contributed by atoms with E-state index >= 15 is 0 Å². The van der Waals surface area contributed by atoms with Crippen molar-refractivity contribution in [3.05, 3.63) is 40.0 Å². The van der Waals surface area contributed by atoms with E-state index < -0.39 is 5.97 Å². The molecule has 0 amide bonds. The number of nitrogens with zero attached hydrogens (tertiary/aromatic N) is 2. The number of carbonyl (C=O) groups is 1. The van der Waals surface area contributed by atoms with Crippen LogP contribution in [0.3, 0.4) is 0 Å². The molecule has 1 aromatic carbocycles. The standard InChI is InChI=1S/C11H9Cl2N3O2/c1-18-11(17)6-5-15-16(10(6)14)8-4-2-3-7(12)9(8)13/h2-5H,14H2,1H3. The second-order valence-corrected chi connectivity index (χ2v) is 4.20. The first-order valence-electron chi connectivity index (χ1n) is 4.92. The number of aromatic nitrogens is 2. The number of esters is 1. The lowest BCUT2D eigenvalue weighted by Crippen LogP contribution is -2.07. The van der Waals surface area contributed by atoms with E-state index in [2.05, 4.69) is 9.84 Å². The summed E-state index contributed by atoms with van der Waals surface area (Å²) in [5.41, 5.74) is 6.50. The number of halogens is 2. The number of nitrogens with two attached hydrogens (primary N) is 1. The summed E-state index contributed by atoms with van der Waals surface area (Å²) in [7, 11) is 1.27. The van der Waals surface area contributed by atoms with Crippen LogP contribution in [0.15, 0.2) is 24.4 Å². The first-order valence-corrected chi connectivity index (χ1v) is 5.68. The number of anilines is 1. The van der Waals surface area contributed by atoms with Crippen molar-refractivity contribution in [2.75, 3.05) is 12.8 Å². The number of ether oxygens (including phenoxy) is 1. The van der Waals surface area contributed by atoms with Crippen LogP contribution in [0.25, 0.3) is 5.69 Å². The average Bonchev–Trinajstić information content (AvgIpc) is 2.74. The van der Waals surface area contributed by atoms with Gasteiger partial charge in [-0.25, -0.2) is 9.48 Å². The minimum Gasteiger partial charge on any atom is -0.465 e. The average molecular weight is 286 g/mol. The zero-order valence-corrected chi connectivity index (χ0v) is 10.9. The number of hydrogen-bond acceptors (Lipinski definition) is 4. The third kappa shape index (κ3) is 2.02. The zero-order chi connectivity index (χ0) is 13.3. The molecular weight excluding hydrogens is 277 g/mol. The molecule has 0 atom stereocenters. The third-order valence-corrected chi connectivity index (χ3v) is 3.18. The van der Waals surface area contributed by atoms with Gasteiger partial charge in [-0.2, -0.15) is 5.10 Å². The van der Waals surface area contributed by atoms with Crippen molar-refractivity contribution in [3.8, 4) is 5.69 Å². The van der Waals surface area contributed by atoms with Gasteiger partial charge in [-0.1, -0.05) is 29.3 Å². The number of carbonyl (C=O) groups excluding carboxylic acids is 1.